The quantitative estimate of drug-likeness (QED) is 0.529. The van der Waals surface area contributed by atoms with Crippen molar-refractivity contribution in [2.24, 2.45) is 36.3 Å². The fourth-order valence-electron chi connectivity index (χ4n) is 3.91. The van der Waals surface area contributed by atoms with E-state index in [1.54, 1.807) is 24.1 Å². The SMILES string of the molecule is Cn1cc(Nc2ncc(C(N)=O)c(N[C@@H]3[C@@H](C(N)=O)[C@H]4C=C[C@H]3C4)n2)cn1. The Morgan fingerprint density at radius 1 is 1.22 bits per heavy atom. The molecule has 10 heteroatoms. The molecule has 2 aromatic heterocycles. The monoisotopic (exact) mass is 368 g/mol. The van der Waals surface area contributed by atoms with Crippen LogP contribution in [-0.2, 0) is 11.8 Å². The molecule has 0 spiro atoms. The molecule has 6 N–H and O–H groups in total. The molecule has 2 aliphatic carbocycles. The van der Waals surface area contributed by atoms with E-state index in [4.69, 9.17) is 11.5 Å². The van der Waals surface area contributed by atoms with Gasteiger partial charge in [-0.05, 0) is 18.3 Å². The van der Waals surface area contributed by atoms with Crippen molar-refractivity contribution in [1.82, 2.24) is 19.7 Å². The Hall–Kier alpha value is -3.43. The highest BCUT2D eigenvalue weighted by Gasteiger charge is 2.47. The molecular weight excluding hydrogens is 348 g/mol. The molecule has 0 saturated heterocycles. The van der Waals surface area contributed by atoms with Gasteiger partial charge in [0, 0.05) is 25.5 Å². The van der Waals surface area contributed by atoms with E-state index in [1.165, 1.54) is 6.20 Å². The van der Waals surface area contributed by atoms with Crippen LogP contribution in [0.3, 0.4) is 0 Å². The molecule has 27 heavy (non-hydrogen) atoms. The van der Waals surface area contributed by atoms with E-state index < -0.39 is 5.91 Å². The molecule has 2 amide bonds. The van der Waals surface area contributed by atoms with E-state index in [0.29, 0.717) is 5.69 Å². The van der Waals surface area contributed by atoms with Crippen LogP contribution in [0.4, 0.5) is 17.5 Å². The van der Waals surface area contributed by atoms with Gasteiger partial charge in [-0.15, -0.1) is 0 Å². The van der Waals surface area contributed by atoms with E-state index in [-0.39, 0.29) is 47.0 Å². The number of allylic oxidation sites excluding steroid dienone is 1. The zero-order valence-corrected chi connectivity index (χ0v) is 14.7. The smallest absolute Gasteiger partial charge is 0.254 e. The molecule has 10 nitrogen and oxygen atoms in total. The van der Waals surface area contributed by atoms with Crippen LogP contribution < -0.4 is 22.1 Å². The molecule has 0 aromatic carbocycles. The number of aromatic nitrogens is 4. The number of carbonyl (C=O) groups excluding carboxylic acids is 2. The van der Waals surface area contributed by atoms with Crippen LogP contribution in [0.25, 0.3) is 0 Å². The summed E-state index contributed by atoms with van der Waals surface area (Å²) in [6, 6.07) is -0.239. The predicted molar refractivity (Wildman–Crippen MR) is 97.9 cm³/mol. The number of rotatable bonds is 6. The highest BCUT2D eigenvalue weighted by molar-refractivity contribution is 5.97. The van der Waals surface area contributed by atoms with Gasteiger partial charge in [-0.25, -0.2) is 4.98 Å². The Morgan fingerprint density at radius 2 is 2.00 bits per heavy atom. The van der Waals surface area contributed by atoms with E-state index in [1.807, 2.05) is 6.08 Å². The van der Waals surface area contributed by atoms with Crippen LogP contribution in [0.1, 0.15) is 16.8 Å². The van der Waals surface area contributed by atoms with Crippen LogP contribution in [0.2, 0.25) is 0 Å². The van der Waals surface area contributed by atoms with Gasteiger partial charge in [0.2, 0.25) is 11.9 Å². The third-order valence-electron chi connectivity index (χ3n) is 5.11. The minimum Gasteiger partial charge on any atom is -0.369 e. The minimum absolute atomic E-state index is 0.108. The average molecular weight is 368 g/mol. The number of anilines is 3. The molecule has 140 valence electrons. The molecule has 0 aliphatic heterocycles. The summed E-state index contributed by atoms with van der Waals surface area (Å²) in [5.41, 5.74) is 11.9. The summed E-state index contributed by atoms with van der Waals surface area (Å²) in [4.78, 5) is 32.3. The number of carbonyl (C=O) groups is 2. The number of nitrogens with two attached hydrogens (primary N) is 2. The average Bonchev–Trinajstić information content (AvgIpc) is 3.31. The van der Waals surface area contributed by atoms with Gasteiger partial charge >= 0.3 is 0 Å². The van der Waals surface area contributed by atoms with Gasteiger partial charge in [-0.2, -0.15) is 10.1 Å². The molecule has 0 radical (unpaired) electrons. The van der Waals surface area contributed by atoms with E-state index in [9.17, 15) is 9.59 Å². The molecular formula is C17H20N8O2. The number of nitrogens with zero attached hydrogens (tertiary/aromatic N) is 4. The molecule has 1 fully saturated rings. The highest BCUT2D eigenvalue weighted by atomic mass is 16.1. The summed E-state index contributed by atoms with van der Waals surface area (Å²) in [6.45, 7) is 0. The van der Waals surface area contributed by atoms with Gasteiger partial charge < -0.3 is 22.1 Å². The first-order valence-corrected chi connectivity index (χ1v) is 8.59. The normalized spacial score (nSPS) is 25.5. The second kappa shape index (κ2) is 6.38. The van der Waals surface area contributed by atoms with Crippen LogP contribution in [0.15, 0.2) is 30.7 Å². The molecule has 4 rings (SSSR count). The van der Waals surface area contributed by atoms with Crippen molar-refractivity contribution in [2.75, 3.05) is 10.6 Å². The predicted octanol–water partition coefficient (Wildman–Crippen LogP) is 0.141. The van der Waals surface area contributed by atoms with Crippen LogP contribution in [0.5, 0.6) is 0 Å². The van der Waals surface area contributed by atoms with Crippen molar-refractivity contribution >= 4 is 29.3 Å². The zero-order chi connectivity index (χ0) is 19.1. The first-order valence-electron chi connectivity index (χ1n) is 8.59. The van der Waals surface area contributed by atoms with Gasteiger partial charge in [0.05, 0.1) is 23.4 Å². The lowest BCUT2D eigenvalue weighted by Gasteiger charge is -2.27. The van der Waals surface area contributed by atoms with E-state index >= 15 is 0 Å². The van der Waals surface area contributed by atoms with Gasteiger partial charge in [-0.1, -0.05) is 12.2 Å². The Kier molecular flexibility index (Phi) is 4.02. The van der Waals surface area contributed by atoms with Crippen molar-refractivity contribution < 1.29 is 9.59 Å². The summed E-state index contributed by atoms with van der Waals surface area (Å²) < 4.78 is 1.64. The van der Waals surface area contributed by atoms with Gasteiger partial charge in [0.25, 0.3) is 5.91 Å². The number of hydrogen-bond acceptors (Lipinski definition) is 7. The standard InChI is InChI=1S/C17H20N8O2/c1-25-7-10(5-21-25)22-17-20-6-11(14(18)26)16(24-17)23-13-9-3-2-8(4-9)12(13)15(19)27/h2-3,5-9,12-13H,4H2,1H3,(H2,18,26)(H2,19,27)(H2,20,22,23,24)/t8-,9-,12-,13-/m0/s1. The molecule has 4 atom stereocenters. The Labute approximate surface area is 155 Å². The first-order chi connectivity index (χ1) is 12.9. The molecule has 0 unspecified atom stereocenters. The Bertz CT molecular complexity index is 937. The van der Waals surface area contributed by atoms with Crippen LogP contribution >= 0.6 is 0 Å². The number of amides is 2. The van der Waals surface area contributed by atoms with Crippen molar-refractivity contribution in [3.05, 3.63) is 36.3 Å². The summed E-state index contributed by atoms with van der Waals surface area (Å²) in [7, 11) is 1.79. The van der Waals surface area contributed by atoms with Crippen LogP contribution in [0, 0.1) is 17.8 Å². The zero-order valence-electron chi connectivity index (χ0n) is 14.7. The fraction of sp³-hybridized carbons (Fsp3) is 0.353. The van der Waals surface area contributed by atoms with Crippen molar-refractivity contribution in [3.63, 3.8) is 0 Å². The van der Waals surface area contributed by atoms with Crippen molar-refractivity contribution in [3.8, 4) is 0 Å². The number of primary amides is 2. The van der Waals surface area contributed by atoms with Crippen LogP contribution in [-0.4, -0.2) is 37.6 Å². The molecule has 2 bridgehead atoms. The number of nitrogens with one attached hydrogen (secondary N) is 2. The molecule has 2 aliphatic rings. The number of hydrogen-bond donors (Lipinski definition) is 4. The third kappa shape index (κ3) is 3.09. The van der Waals surface area contributed by atoms with Gasteiger partial charge in [0.1, 0.15) is 5.82 Å². The van der Waals surface area contributed by atoms with Gasteiger partial charge in [0.15, 0.2) is 0 Å². The maximum absolute atomic E-state index is 11.9. The molecule has 1 saturated carbocycles. The van der Waals surface area contributed by atoms with Crippen molar-refractivity contribution in [2.45, 2.75) is 12.5 Å². The first kappa shape index (κ1) is 17.0. The van der Waals surface area contributed by atoms with E-state index in [2.05, 4.69) is 31.8 Å². The minimum atomic E-state index is -0.653. The second-order valence-electron chi connectivity index (χ2n) is 6.89. The second-order valence-corrected chi connectivity index (χ2v) is 6.89. The lowest BCUT2D eigenvalue weighted by atomic mass is 9.88. The fourth-order valence-corrected chi connectivity index (χ4v) is 3.91. The molecule has 2 heterocycles. The summed E-state index contributed by atoms with van der Waals surface area (Å²) in [6.07, 6.45) is 9.71. The summed E-state index contributed by atoms with van der Waals surface area (Å²) >= 11 is 0. The number of aryl methyl sites for hydroxylation is 1. The maximum Gasteiger partial charge on any atom is 0.254 e. The lowest BCUT2D eigenvalue weighted by molar-refractivity contribution is -0.122. The van der Waals surface area contributed by atoms with E-state index in [0.717, 1.165) is 6.42 Å². The van der Waals surface area contributed by atoms with Gasteiger partial charge in [-0.3, -0.25) is 14.3 Å². The maximum atomic E-state index is 11.9. The Balaban J connectivity index is 1.64. The lowest BCUT2D eigenvalue weighted by Crippen LogP contribution is -2.41. The summed E-state index contributed by atoms with van der Waals surface area (Å²) in [5, 5.41) is 10.3. The molecule has 2 aromatic rings. The topological polar surface area (TPSA) is 154 Å². The largest absolute Gasteiger partial charge is 0.369 e. The van der Waals surface area contributed by atoms with Crippen molar-refractivity contribution in [1.29, 1.82) is 0 Å². The summed E-state index contributed by atoms with van der Waals surface area (Å²) in [5.74, 6) is -0.557. The number of fused-ring (bicyclic) bond motifs is 2. The highest BCUT2D eigenvalue weighted by Crippen LogP contribution is 2.45. The third-order valence-corrected chi connectivity index (χ3v) is 5.11. The Morgan fingerprint density at radius 3 is 2.67 bits per heavy atom.